The van der Waals surface area contributed by atoms with Crippen LogP contribution >= 0.6 is 0 Å². The molecule has 1 aliphatic rings. The van der Waals surface area contributed by atoms with Crippen molar-refractivity contribution in [3.05, 3.63) is 23.5 Å². The van der Waals surface area contributed by atoms with Gasteiger partial charge in [0, 0.05) is 23.3 Å². The van der Waals surface area contributed by atoms with Crippen molar-refractivity contribution in [1.29, 1.82) is 0 Å². The van der Waals surface area contributed by atoms with Crippen LogP contribution in [0.3, 0.4) is 0 Å². The second kappa shape index (κ2) is 3.93. The lowest BCUT2D eigenvalue weighted by molar-refractivity contribution is 0.402. The number of hydrogen-bond acceptors (Lipinski definition) is 4. The van der Waals surface area contributed by atoms with Gasteiger partial charge in [0.05, 0.1) is 0 Å². The molecule has 0 heterocycles. The van der Waals surface area contributed by atoms with Gasteiger partial charge in [0.15, 0.2) is 21.4 Å². The number of halogens is 1. The van der Waals surface area contributed by atoms with E-state index in [0.717, 1.165) is 19.1 Å². The number of benzene rings is 1. The van der Waals surface area contributed by atoms with Gasteiger partial charge in [-0.2, -0.15) is 0 Å². The zero-order chi connectivity index (χ0) is 13.7. The molecule has 18 heavy (non-hydrogen) atoms. The zero-order valence-electron chi connectivity index (χ0n) is 10.3. The summed E-state index contributed by atoms with van der Waals surface area (Å²) < 4.78 is 36.6. The lowest BCUT2D eigenvalue weighted by Gasteiger charge is -2.21. The summed E-state index contributed by atoms with van der Waals surface area (Å²) in [5, 5.41) is 9.87. The first-order valence-corrected chi connectivity index (χ1v) is 7.57. The highest BCUT2D eigenvalue weighted by Crippen LogP contribution is 2.53. The molecule has 4 nitrogen and oxygen atoms in total. The van der Waals surface area contributed by atoms with Crippen LogP contribution in [-0.4, -0.2) is 25.8 Å². The van der Waals surface area contributed by atoms with Crippen molar-refractivity contribution in [2.45, 2.75) is 36.1 Å². The van der Waals surface area contributed by atoms with Crippen molar-refractivity contribution in [2.24, 2.45) is 5.73 Å². The van der Waals surface area contributed by atoms with Crippen molar-refractivity contribution < 1.29 is 17.9 Å². The van der Waals surface area contributed by atoms with E-state index in [1.54, 1.807) is 6.92 Å². The first kappa shape index (κ1) is 13.3. The van der Waals surface area contributed by atoms with Crippen molar-refractivity contribution in [3.63, 3.8) is 0 Å². The maximum Gasteiger partial charge on any atom is 0.183 e. The molecule has 1 fully saturated rings. The lowest BCUT2D eigenvalue weighted by atomic mass is 9.88. The predicted molar refractivity (Wildman–Crippen MR) is 65.7 cm³/mol. The topological polar surface area (TPSA) is 80.4 Å². The van der Waals surface area contributed by atoms with E-state index in [1.165, 1.54) is 12.1 Å². The molecule has 1 saturated carbocycles. The molecule has 3 N–H and O–H groups in total. The maximum atomic E-state index is 13.9. The van der Waals surface area contributed by atoms with Crippen LogP contribution in [0.4, 0.5) is 4.39 Å². The Hall–Kier alpha value is -1.14. The van der Waals surface area contributed by atoms with Crippen molar-refractivity contribution in [2.75, 3.05) is 6.26 Å². The fourth-order valence-electron chi connectivity index (χ4n) is 2.34. The van der Waals surface area contributed by atoms with Gasteiger partial charge in [0.2, 0.25) is 0 Å². The normalized spacial score (nSPS) is 19.6. The SMILES string of the molecule is CC(N)C1(c2ccc(S(C)(=O)=O)c(F)c2O)CC1. The number of nitrogens with two attached hydrogens (primary N) is 1. The molecule has 1 aromatic carbocycles. The highest BCUT2D eigenvalue weighted by molar-refractivity contribution is 7.90. The van der Waals surface area contributed by atoms with Gasteiger partial charge in [-0.3, -0.25) is 0 Å². The molecular formula is C12H16FNO3S. The molecule has 1 unspecified atom stereocenters. The number of aromatic hydroxyl groups is 1. The Morgan fingerprint density at radius 1 is 1.44 bits per heavy atom. The Bertz CT molecular complexity index is 592. The molecule has 0 aromatic heterocycles. The van der Waals surface area contributed by atoms with Crippen LogP contribution in [0.5, 0.6) is 5.75 Å². The standard InChI is InChI=1S/C12H16FNO3S/c1-7(14)12(5-6-12)8-3-4-9(18(2,16)17)10(13)11(8)15/h3-4,7,15H,5-6,14H2,1-2H3. The van der Waals surface area contributed by atoms with E-state index >= 15 is 0 Å². The highest BCUT2D eigenvalue weighted by Gasteiger charge is 2.49. The summed E-state index contributed by atoms with van der Waals surface area (Å²) in [7, 11) is -3.68. The van der Waals surface area contributed by atoms with Crippen molar-refractivity contribution in [3.8, 4) is 5.75 Å². The van der Waals surface area contributed by atoms with Crippen LogP contribution in [0.15, 0.2) is 17.0 Å². The Labute approximate surface area is 106 Å². The molecule has 1 atom stereocenters. The Kier molecular flexibility index (Phi) is 2.90. The average Bonchev–Trinajstić information content (AvgIpc) is 3.01. The average molecular weight is 273 g/mol. The number of hydrogen-bond donors (Lipinski definition) is 2. The van der Waals surface area contributed by atoms with E-state index in [1.807, 2.05) is 0 Å². The molecule has 1 aliphatic carbocycles. The molecule has 100 valence electrons. The van der Waals surface area contributed by atoms with Gasteiger partial charge in [0.1, 0.15) is 4.90 Å². The van der Waals surface area contributed by atoms with E-state index in [-0.39, 0.29) is 6.04 Å². The molecule has 0 aliphatic heterocycles. The van der Waals surface area contributed by atoms with Crippen LogP contribution in [0, 0.1) is 5.82 Å². The van der Waals surface area contributed by atoms with Gasteiger partial charge >= 0.3 is 0 Å². The summed E-state index contributed by atoms with van der Waals surface area (Å²) in [4.78, 5) is -0.482. The molecule has 0 saturated heterocycles. The fourth-order valence-corrected chi connectivity index (χ4v) is 3.08. The number of phenols is 1. The van der Waals surface area contributed by atoms with Gasteiger partial charge in [-0.15, -0.1) is 0 Å². The van der Waals surface area contributed by atoms with E-state index in [0.29, 0.717) is 5.56 Å². The first-order chi connectivity index (χ1) is 8.20. The molecular weight excluding hydrogens is 257 g/mol. The number of phenolic OH excluding ortho intramolecular Hbond substituents is 1. The molecule has 2 rings (SSSR count). The third kappa shape index (κ3) is 1.89. The summed E-state index contributed by atoms with van der Waals surface area (Å²) in [6.45, 7) is 1.80. The van der Waals surface area contributed by atoms with Gasteiger partial charge in [0.25, 0.3) is 0 Å². The lowest BCUT2D eigenvalue weighted by Crippen LogP contribution is -2.31. The smallest absolute Gasteiger partial charge is 0.183 e. The van der Waals surface area contributed by atoms with Crippen LogP contribution in [-0.2, 0) is 15.3 Å². The third-order valence-electron chi connectivity index (χ3n) is 3.68. The summed E-state index contributed by atoms with van der Waals surface area (Å²) >= 11 is 0. The summed E-state index contributed by atoms with van der Waals surface area (Å²) in [5.74, 6) is -1.67. The predicted octanol–water partition coefficient (Wildman–Crippen LogP) is 1.31. The van der Waals surface area contributed by atoms with E-state index in [2.05, 4.69) is 0 Å². The van der Waals surface area contributed by atoms with Gasteiger partial charge < -0.3 is 10.8 Å². The minimum Gasteiger partial charge on any atom is -0.505 e. The van der Waals surface area contributed by atoms with Gasteiger partial charge in [-0.05, 0) is 25.8 Å². The Morgan fingerprint density at radius 3 is 2.39 bits per heavy atom. The Balaban J connectivity index is 2.59. The molecule has 0 radical (unpaired) electrons. The molecule has 0 spiro atoms. The fraction of sp³-hybridized carbons (Fsp3) is 0.500. The van der Waals surface area contributed by atoms with E-state index in [4.69, 9.17) is 5.73 Å². The van der Waals surface area contributed by atoms with Crippen LogP contribution in [0.1, 0.15) is 25.3 Å². The second-order valence-corrected chi connectivity index (χ2v) is 6.97. The van der Waals surface area contributed by atoms with Crippen molar-refractivity contribution >= 4 is 9.84 Å². The monoisotopic (exact) mass is 273 g/mol. The van der Waals surface area contributed by atoms with Crippen LogP contribution < -0.4 is 5.73 Å². The molecule has 6 heteroatoms. The van der Waals surface area contributed by atoms with E-state index in [9.17, 15) is 17.9 Å². The van der Waals surface area contributed by atoms with Crippen molar-refractivity contribution in [1.82, 2.24) is 0 Å². The maximum absolute atomic E-state index is 13.9. The van der Waals surface area contributed by atoms with Gasteiger partial charge in [-0.25, -0.2) is 12.8 Å². The summed E-state index contributed by atoms with van der Waals surface area (Å²) in [5.41, 5.74) is 5.84. The second-order valence-electron chi connectivity index (χ2n) is 4.99. The minimum atomic E-state index is -3.68. The molecule has 0 bridgehead atoms. The minimum absolute atomic E-state index is 0.216. The summed E-state index contributed by atoms with van der Waals surface area (Å²) in [6, 6.07) is 2.44. The van der Waals surface area contributed by atoms with Crippen LogP contribution in [0.25, 0.3) is 0 Å². The van der Waals surface area contributed by atoms with Crippen LogP contribution in [0.2, 0.25) is 0 Å². The third-order valence-corrected chi connectivity index (χ3v) is 4.79. The largest absolute Gasteiger partial charge is 0.505 e. The number of sulfone groups is 1. The first-order valence-electron chi connectivity index (χ1n) is 5.68. The highest BCUT2D eigenvalue weighted by atomic mass is 32.2. The van der Waals surface area contributed by atoms with Gasteiger partial charge in [-0.1, -0.05) is 6.07 Å². The number of rotatable bonds is 3. The molecule has 0 amide bonds. The zero-order valence-corrected chi connectivity index (χ0v) is 11.1. The van der Waals surface area contributed by atoms with E-state index < -0.39 is 31.7 Å². The quantitative estimate of drug-likeness (QED) is 0.870. The Morgan fingerprint density at radius 2 is 2.00 bits per heavy atom. The summed E-state index contributed by atoms with van der Waals surface area (Å²) in [6.07, 6.45) is 2.45. The molecule has 1 aromatic rings.